The smallest absolute Gasteiger partial charge is 0.254 e. The van der Waals surface area contributed by atoms with E-state index in [0.717, 1.165) is 24.4 Å². The van der Waals surface area contributed by atoms with Crippen molar-refractivity contribution in [3.63, 3.8) is 0 Å². The second kappa shape index (κ2) is 7.93. The van der Waals surface area contributed by atoms with Gasteiger partial charge in [-0.1, -0.05) is 0 Å². The highest BCUT2D eigenvalue weighted by Crippen LogP contribution is 2.38. The number of aryl methyl sites for hydroxylation is 1. The molecular weight excluding hydrogens is 396 g/mol. The Hall–Kier alpha value is -3.56. The van der Waals surface area contributed by atoms with Crippen molar-refractivity contribution in [2.24, 2.45) is 0 Å². The first-order valence-corrected chi connectivity index (χ1v) is 10.5. The summed E-state index contributed by atoms with van der Waals surface area (Å²) in [5.41, 5.74) is 0.684. The van der Waals surface area contributed by atoms with E-state index < -0.39 is 0 Å². The van der Waals surface area contributed by atoms with Crippen LogP contribution in [-0.2, 0) is 11.3 Å². The highest BCUT2D eigenvalue weighted by Gasteiger charge is 2.26. The first-order valence-electron chi connectivity index (χ1n) is 10.5. The number of carbonyl (C=O) groups is 1. The number of hydrogen-bond donors (Lipinski definition) is 0. The van der Waals surface area contributed by atoms with Crippen molar-refractivity contribution in [1.29, 1.82) is 0 Å². The number of aromatic nitrogens is 6. The Morgan fingerprint density at radius 3 is 2.55 bits per heavy atom. The van der Waals surface area contributed by atoms with Crippen molar-refractivity contribution in [2.75, 3.05) is 31.1 Å². The summed E-state index contributed by atoms with van der Waals surface area (Å²) in [5, 5.41) is 4.24. The maximum atomic E-state index is 12.7. The maximum absolute atomic E-state index is 12.7. The van der Waals surface area contributed by atoms with Crippen LogP contribution in [-0.4, -0.2) is 66.3 Å². The molecule has 0 unspecified atom stereocenters. The normalized spacial score (nSPS) is 16.5. The number of carbonyl (C=O) groups excluding carboxylic acids is 1. The van der Waals surface area contributed by atoms with Crippen LogP contribution in [0.1, 0.15) is 30.3 Å². The molecule has 160 valence electrons. The molecule has 0 atom stereocenters. The van der Waals surface area contributed by atoms with Crippen LogP contribution in [0.25, 0.3) is 5.82 Å². The zero-order chi connectivity index (χ0) is 21.4. The van der Waals surface area contributed by atoms with Gasteiger partial charge in [0.25, 0.3) is 5.56 Å². The van der Waals surface area contributed by atoms with E-state index in [1.54, 1.807) is 21.8 Å². The first kappa shape index (κ1) is 19.4. The molecule has 0 bridgehead atoms. The molecule has 10 nitrogen and oxygen atoms in total. The molecule has 3 aromatic heterocycles. The van der Waals surface area contributed by atoms with Gasteiger partial charge in [0.05, 0.1) is 12.0 Å². The molecular formula is C21H24N8O2. The predicted molar refractivity (Wildman–Crippen MR) is 113 cm³/mol. The highest BCUT2D eigenvalue weighted by atomic mass is 16.2. The Morgan fingerprint density at radius 1 is 1.10 bits per heavy atom. The lowest BCUT2D eigenvalue weighted by Gasteiger charge is -2.35. The second-order valence-corrected chi connectivity index (χ2v) is 8.00. The van der Waals surface area contributed by atoms with E-state index in [1.165, 1.54) is 10.9 Å². The molecule has 1 saturated carbocycles. The SMILES string of the molecule is Cc1nc(N2CCN(C(=O)Cn3cnc(C4CC4)cc3=O)CC2)cc(-n2cccn2)n1. The number of nitrogens with zero attached hydrogens (tertiary/aromatic N) is 8. The Balaban J connectivity index is 1.22. The molecule has 4 heterocycles. The molecule has 0 spiro atoms. The number of amides is 1. The van der Waals surface area contributed by atoms with Gasteiger partial charge >= 0.3 is 0 Å². The third-order valence-corrected chi connectivity index (χ3v) is 5.71. The van der Waals surface area contributed by atoms with Gasteiger partial charge in [0.2, 0.25) is 5.91 Å². The van der Waals surface area contributed by atoms with Gasteiger partial charge in [0.15, 0.2) is 5.82 Å². The lowest BCUT2D eigenvalue weighted by molar-refractivity contribution is -0.132. The predicted octanol–water partition coefficient (Wildman–Crippen LogP) is 0.754. The minimum atomic E-state index is -0.161. The zero-order valence-electron chi connectivity index (χ0n) is 17.4. The summed E-state index contributed by atoms with van der Waals surface area (Å²) < 4.78 is 3.10. The van der Waals surface area contributed by atoms with Crippen molar-refractivity contribution in [3.8, 4) is 5.82 Å². The molecule has 1 saturated heterocycles. The van der Waals surface area contributed by atoms with E-state index in [9.17, 15) is 9.59 Å². The molecule has 0 radical (unpaired) electrons. The van der Waals surface area contributed by atoms with Gasteiger partial charge in [0.1, 0.15) is 18.2 Å². The minimum Gasteiger partial charge on any atom is -0.353 e. The Bertz CT molecular complexity index is 1140. The summed E-state index contributed by atoms with van der Waals surface area (Å²) in [4.78, 5) is 42.3. The van der Waals surface area contributed by atoms with Gasteiger partial charge in [0, 0.05) is 56.6 Å². The molecule has 1 amide bonds. The van der Waals surface area contributed by atoms with Crippen molar-refractivity contribution in [2.45, 2.75) is 32.2 Å². The van der Waals surface area contributed by atoms with Crippen LogP contribution < -0.4 is 10.5 Å². The highest BCUT2D eigenvalue weighted by molar-refractivity contribution is 5.76. The lowest BCUT2D eigenvalue weighted by Crippen LogP contribution is -2.50. The van der Waals surface area contributed by atoms with E-state index in [4.69, 9.17) is 0 Å². The summed E-state index contributed by atoms with van der Waals surface area (Å²) in [7, 11) is 0. The second-order valence-electron chi connectivity index (χ2n) is 8.00. The third kappa shape index (κ3) is 4.18. The molecule has 3 aromatic rings. The summed E-state index contributed by atoms with van der Waals surface area (Å²) in [6, 6.07) is 5.32. The molecule has 5 rings (SSSR count). The van der Waals surface area contributed by atoms with Crippen molar-refractivity contribution < 1.29 is 4.79 Å². The fourth-order valence-corrected chi connectivity index (χ4v) is 3.81. The van der Waals surface area contributed by atoms with Crippen LogP contribution in [0.15, 0.2) is 41.7 Å². The number of hydrogen-bond acceptors (Lipinski definition) is 7. The molecule has 1 aliphatic carbocycles. The van der Waals surface area contributed by atoms with Gasteiger partial charge < -0.3 is 9.80 Å². The zero-order valence-corrected chi connectivity index (χ0v) is 17.4. The van der Waals surface area contributed by atoms with Crippen molar-refractivity contribution in [1.82, 2.24) is 34.2 Å². The van der Waals surface area contributed by atoms with Crippen molar-refractivity contribution >= 4 is 11.7 Å². The van der Waals surface area contributed by atoms with E-state index in [0.29, 0.717) is 43.7 Å². The topological polar surface area (TPSA) is 102 Å². The quantitative estimate of drug-likeness (QED) is 0.600. The third-order valence-electron chi connectivity index (χ3n) is 5.71. The summed E-state index contributed by atoms with van der Waals surface area (Å²) >= 11 is 0. The Kier molecular flexibility index (Phi) is 4.97. The number of piperazine rings is 1. The molecule has 31 heavy (non-hydrogen) atoms. The van der Waals surface area contributed by atoms with Crippen LogP contribution >= 0.6 is 0 Å². The van der Waals surface area contributed by atoms with E-state index in [-0.39, 0.29) is 18.0 Å². The summed E-state index contributed by atoms with van der Waals surface area (Å²) in [5.74, 6) is 2.56. The van der Waals surface area contributed by atoms with E-state index >= 15 is 0 Å². The fraction of sp³-hybridized carbons (Fsp3) is 0.429. The van der Waals surface area contributed by atoms with Crippen LogP contribution in [0.5, 0.6) is 0 Å². The molecule has 1 aliphatic heterocycles. The average molecular weight is 420 g/mol. The van der Waals surface area contributed by atoms with Gasteiger partial charge in [-0.2, -0.15) is 5.10 Å². The maximum Gasteiger partial charge on any atom is 0.254 e. The van der Waals surface area contributed by atoms with Crippen molar-refractivity contribution in [3.05, 3.63) is 58.8 Å². The van der Waals surface area contributed by atoms with Crippen LogP contribution in [0, 0.1) is 6.92 Å². The van der Waals surface area contributed by atoms with Gasteiger partial charge in [-0.25, -0.2) is 19.6 Å². The largest absolute Gasteiger partial charge is 0.353 e. The first-order chi connectivity index (χ1) is 15.1. The Morgan fingerprint density at radius 2 is 1.87 bits per heavy atom. The van der Waals surface area contributed by atoms with Gasteiger partial charge in [-0.05, 0) is 25.8 Å². The van der Waals surface area contributed by atoms with E-state index in [1.807, 2.05) is 25.3 Å². The Labute approximate surface area is 179 Å². The summed E-state index contributed by atoms with van der Waals surface area (Å²) in [6.07, 6.45) is 7.24. The lowest BCUT2D eigenvalue weighted by atomic mass is 10.3. The van der Waals surface area contributed by atoms with Crippen LogP contribution in [0.4, 0.5) is 5.82 Å². The number of rotatable bonds is 5. The summed E-state index contributed by atoms with van der Waals surface area (Å²) in [6.45, 7) is 4.34. The average Bonchev–Trinajstić information content (AvgIpc) is 3.48. The fourth-order valence-electron chi connectivity index (χ4n) is 3.81. The monoisotopic (exact) mass is 420 g/mol. The molecule has 0 aromatic carbocycles. The molecule has 10 heteroatoms. The molecule has 2 fully saturated rings. The minimum absolute atomic E-state index is 0.0207. The molecule has 0 N–H and O–H groups in total. The number of anilines is 1. The van der Waals surface area contributed by atoms with Gasteiger partial charge in [-0.3, -0.25) is 14.2 Å². The van der Waals surface area contributed by atoms with Crippen LogP contribution in [0.2, 0.25) is 0 Å². The van der Waals surface area contributed by atoms with Gasteiger partial charge in [-0.15, -0.1) is 0 Å². The molecule has 2 aliphatic rings. The standard InChI is InChI=1S/C21H24N8O2/c1-15-24-18(12-19(25-15)29-6-2-5-23-29)26-7-9-27(10-8-26)21(31)13-28-14-22-17(11-20(28)30)16-3-4-16/h2,5-6,11-12,14,16H,3-4,7-10,13H2,1H3. The van der Waals surface area contributed by atoms with Crippen LogP contribution in [0.3, 0.4) is 0 Å². The van der Waals surface area contributed by atoms with E-state index in [2.05, 4.69) is 25.0 Å².